The molecule has 0 aliphatic carbocycles. The van der Waals surface area contributed by atoms with Crippen molar-refractivity contribution >= 4 is 44.2 Å². The molecule has 0 bridgehead atoms. The third kappa shape index (κ3) is 4.71. The van der Waals surface area contributed by atoms with Crippen molar-refractivity contribution in [3.05, 3.63) is 34.0 Å². The zero-order valence-electron chi connectivity index (χ0n) is 18.3. The van der Waals surface area contributed by atoms with Crippen molar-refractivity contribution in [2.45, 2.75) is 31.6 Å². The summed E-state index contributed by atoms with van der Waals surface area (Å²) in [6, 6.07) is 1.25. The van der Waals surface area contributed by atoms with Crippen LogP contribution in [0.2, 0.25) is 0 Å². The molecule has 2 aromatic rings. The highest BCUT2D eigenvalue weighted by molar-refractivity contribution is 7.89. The van der Waals surface area contributed by atoms with Gasteiger partial charge in [0.15, 0.2) is 6.61 Å². The van der Waals surface area contributed by atoms with Crippen LogP contribution in [-0.2, 0) is 31.3 Å². The fraction of sp³-hybridized carbons (Fsp3) is 0.450. The lowest BCUT2D eigenvalue weighted by Gasteiger charge is -2.13. The quantitative estimate of drug-likeness (QED) is 0.598. The number of carbonyl (C=O) groups excluding carboxylic acids is 3. The van der Waals surface area contributed by atoms with Crippen LogP contribution in [0.5, 0.6) is 0 Å². The predicted octanol–water partition coefficient (Wildman–Crippen LogP) is 2.07. The lowest BCUT2D eigenvalue weighted by molar-refractivity contribution is -0.119. The second-order valence-corrected chi connectivity index (χ2v) is 10.5. The highest BCUT2D eigenvalue weighted by Gasteiger charge is 2.30. The first-order chi connectivity index (χ1) is 15.1. The van der Waals surface area contributed by atoms with Gasteiger partial charge in [-0.1, -0.05) is 0 Å². The molecule has 1 fully saturated rings. The van der Waals surface area contributed by atoms with E-state index in [1.54, 1.807) is 6.92 Å². The van der Waals surface area contributed by atoms with E-state index in [0.717, 1.165) is 17.7 Å². The van der Waals surface area contributed by atoms with Gasteiger partial charge in [0.2, 0.25) is 10.0 Å². The van der Waals surface area contributed by atoms with Gasteiger partial charge in [0.05, 0.1) is 12.7 Å². The highest BCUT2D eigenvalue weighted by atomic mass is 32.2. The van der Waals surface area contributed by atoms with Gasteiger partial charge in [-0.15, -0.1) is 11.3 Å². The first-order valence-electron chi connectivity index (χ1n) is 9.88. The van der Waals surface area contributed by atoms with Crippen molar-refractivity contribution in [2.24, 2.45) is 7.05 Å². The zero-order chi connectivity index (χ0) is 23.6. The number of thiophene rings is 1. The topological polar surface area (TPSA) is 124 Å². The summed E-state index contributed by atoms with van der Waals surface area (Å²) in [5, 5.41) is 2.88. The molecule has 0 aromatic carbocycles. The van der Waals surface area contributed by atoms with E-state index in [4.69, 9.17) is 9.47 Å². The molecule has 174 valence electrons. The van der Waals surface area contributed by atoms with Crippen LogP contribution in [0, 0.1) is 13.8 Å². The van der Waals surface area contributed by atoms with Gasteiger partial charge in [0, 0.05) is 31.2 Å². The molecule has 0 radical (unpaired) electrons. The highest BCUT2D eigenvalue weighted by Crippen LogP contribution is 2.33. The number of hydrogen-bond donors (Lipinski definition) is 1. The van der Waals surface area contributed by atoms with Crippen molar-refractivity contribution in [3.63, 3.8) is 0 Å². The molecule has 0 saturated carbocycles. The summed E-state index contributed by atoms with van der Waals surface area (Å²) < 4.78 is 38.0. The molecule has 1 amide bonds. The van der Waals surface area contributed by atoms with Crippen LogP contribution in [0.15, 0.2) is 17.2 Å². The Morgan fingerprint density at radius 2 is 1.81 bits per heavy atom. The van der Waals surface area contributed by atoms with E-state index < -0.39 is 34.5 Å². The van der Waals surface area contributed by atoms with Gasteiger partial charge in [-0.25, -0.2) is 18.0 Å². The summed E-state index contributed by atoms with van der Waals surface area (Å²) in [4.78, 5) is 37.6. The van der Waals surface area contributed by atoms with Gasteiger partial charge in [-0.2, -0.15) is 4.31 Å². The Morgan fingerprint density at radius 3 is 2.44 bits per heavy atom. The summed E-state index contributed by atoms with van der Waals surface area (Å²) in [7, 11) is -0.903. The predicted molar refractivity (Wildman–Crippen MR) is 117 cm³/mol. The molecule has 1 aliphatic rings. The molecule has 0 unspecified atom stereocenters. The van der Waals surface area contributed by atoms with Gasteiger partial charge >= 0.3 is 11.9 Å². The van der Waals surface area contributed by atoms with E-state index in [9.17, 15) is 22.8 Å². The number of aromatic nitrogens is 1. The van der Waals surface area contributed by atoms with Gasteiger partial charge < -0.3 is 19.4 Å². The van der Waals surface area contributed by atoms with E-state index in [0.29, 0.717) is 23.7 Å². The van der Waals surface area contributed by atoms with Crippen molar-refractivity contribution in [3.8, 4) is 0 Å². The van der Waals surface area contributed by atoms with Crippen LogP contribution in [-0.4, -0.2) is 61.9 Å². The lowest BCUT2D eigenvalue weighted by Crippen LogP contribution is -2.27. The third-order valence-corrected chi connectivity index (χ3v) is 8.24. The number of rotatable bonds is 7. The van der Waals surface area contributed by atoms with E-state index in [1.165, 1.54) is 46.6 Å². The first kappa shape index (κ1) is 24.0. The standard InChI is InChI=1S/C20H25N3O7S2/c1-12-13(2)31-18(17(12)20(26)29-4)21-16(24)11-30-19(25)15-9-14(10-22(15)3)32(27,28)23-7-5-6-8-23/h9-10H,5-8,11H2,1-4H3,(H,21,24). The fourth-order valence-electron chi connectivity index (χ4n) is 3.39. The number of carbonyl (C=O) groups is 3. The number of sulfonamides is 1. The molecule has 3 rings (SSSR count). The minimum atomic E-state index is -3.68. The lowest BCUT2D eigenvalue weighted by atomic mass is 10.1. The Hall–Kier alpha value is -2.70. The average molecular weight is 484 g/mol. The Bertz CT molecular complexity index is 1160. The summed E-state index contributed by atoms with van der Waals surface area (Å²) >= 11 is 1.22. The molecular formula is C20H25N3O7S2. The molecule has 10 nitrogen and oxygen atoms in total. The molecule has 3 heterocycles. The maximum absolute atomic E-state index is 12.7. The second-order valence-electron chi connectivity index (χ2n) is 7.39. The number of hydrogen-bond acceptors (Lipinski definition) is 8. The number of ether oxygens (including phenoxy) is 2. The fourth-order valence-corrected chi connectivity index (χ4v) is 6.04. The monoisotopic (exact) mass is 483 g/mol. The van der Waals surface area contributed by atoms with Gasteiger partial charge in [0.25, 0.3) is 5.91 Å². The number of nitrogens with one attached hydrogen (secondary N) is 1. The van der Waals surface area contributed by atoms with Crippen LogP contribution in [0.25, 0.3) is 0 Å². The normalized spacial score (nSPS) is 14.4. The second kappa shape index (κ2) is 9.43. The molecule has 0 spiro atoms. The molecular weight excluding hydrogens is 458 g/mol. The molecule has 1 N–H and O–H groups in total. The molecule has 32 heavy (non-hydrogen) atoms. The summed E-state index contributed by atoms with van der Waals surface area (Å²) in [6.45, 7) is 3.86. The minimum absolute atomic E-state index is 0.00515. The maximum atomic E-state index is 12.7. The number of amides is 1. The van der Waals surface area contributed by atoms with E-state index in [2.05, 4.69) is 5.32 Å². The van der Waals surface area contributed by atoms with Gasteiger partial charge in [0.1, 0.15) is 15.6 Å². The Morgan fingerprint density at radius 1 is 1.16 bits per heavy atom. The van der Waals surface area contributed by atoms with Gasteiger partial charge in [-0.3, -0.25) is 4.79 Å². The summed E-state index contributed by atoms with van der Waals surface area (Å²) in [6.07, 6.45) is 2.96. The van der Waals surface area contributed by atoms with Crippen molar-refractivity contribution < 1.29 is 32.3 Å². The Labute approximate surface area is 190 Å². The van der Waals surface area contributed by atoms with Crippen molar-refractivity contribution in [2.75, 3.05) is 32.1 Å². The number of anilines is 1. The average Bonchev–Trinajstić information content (AvgIpc) is 3.47. The molecule has 2 aromatic heterocycles. The van der Waals surface area contributed by atoms with Crippen molar-refractivity contribution in [1.29, 1.82) is 0 Å². The number of nitrogens with zero attached hydrogens (tertiary/aromatic N) is 2. The summed E-state index contributed by atoms with van der Waals surface area (Å²) in [5.74, 6) is -2.05. The van der Waals surface area contributed by atoms with Crippen LogP contribution in [0.4, 0.5) is 5.00 Å². The molecule has 1 aliphatic heterocycles. The van der Waals surface area contributed by atoms with E-state index in [-0.39, 0.29) is 16.2 Å². The van der Waals surface area contributed by atoms with Crippen LogP contribution in [0.3, 0.4) is 0 Å². The SMILES string of the molecule is COC(=O)c1c(NC(=O)COC(=O)c2cc(S(=O)(=O)N3CCCC3)cn2C)sc(C)c1C. The first-order valence-corrected chi connectivity index (χ1v) is 12.1. The maximum Gasteiger partial charge on any atom is 0.355 e. The largest absolute Gasteiger partial charge is 0.465 e. The van der Waals surface area contributed by atoms with E-state index in [1.807, 2.05) is 6.92 Å². The summed E-state index contributed by atoms with van der Waals surface area (Å²) in [5.41, 5.74) is 0.965. The number of esters is 2. The third-order valence-electron chi connectivity index (χ3n) is 5.25. The minimum Gasteiger partial charge on any atom is -0.465 e. The molecule has 1 saturated heterocycles. The van der Waals surface area contributed by atoms with Crippen LogP contribution in [0.1, 0.15) is 44.1 Å². The van der Waals surface area contributed by atoms with E-state index >= 15 is 0 Å². The molecule has 12 heteroatoms. The number of methoxy groups -OCH3 is 1. The van der Waals surface area contributed by atoms with Crippen LogP contribution < -0.4 is 5.32 Å². The zero-order valence-corrected chi connectivity index (χ0v) is 19.9. The van der Waals surface area contributed by atoms with Gasteiger partial charge in [-0.05, 0) is 38.3 Å². The number of aryl methyl sites for hydroxylation is 2. The molecule has 0 atom stereocenters. The smallest absolute Gasteiger partial charge is 0.355 e. The van der Waals surface area contributed by atoms with Crippen LogP contribution >= 0.6 is 11.3 Å². The van der Waals surface area contributed by atoms with Crippen molar-refractivity contribution in [1.82, 2.24) is 8.87 Å². The Balaban J connectivity index is 1.67. The Kier molecular flexibility index (Phi) is 7.06.